The summed E-state index contributed by atoms with van der Waals surface area (Å²) in [5.41, 5.74) is 1.80. The summed E-state index contributed by atoms with van der Waals surface area (Å²) in [4.78, 5) is 2.41. The molecule has 0 aromatic carbocycles. The van der Waals surface area contributed by atoms with E-state index in [4.69, 9.17) is 18.9 Å². The highest BCUT2D eigenvalue weighted by molar-refractivity contribution is 5.04. The molecule has 0 aromatic rings. The molecule has 0 bridgehead atoms. The Balaban J connectivity index is 1.19. The molecule has 3 fully saturated rings. The maximum Gasteiger partial charge on any atom is 0.0700 e. The SMILES string of the molecule is C=C(COCC(C)CC(C)(C)COC1CC2(C1)CN(C)C2)COC1CC(OCC)C1. The molecule has 3 rings (SSSR count). The second-order valence-electron chi connectivity index (χ2n) is 11.2. The average Bonchev–Trinajstić information content (AvgIpc) is 2.57. The van der Waals surface area contributed by atoms with Crippen LogP contribution in [0.2, 0.25) is 0 Å². The zero-order valence-electron chi connectivity index (χ0n) is 20.1. The normalized spacial score (nSPS) is 27.4. The largest absolute Gasteiger partial charge is 0.378 e. The molecule has 3 aliphatic rings. The Hall–Kier alpha value is -0.460. The van der Waals surface area contributed by atoms with Gasteiger partial charge in [-0.2, -0.15) is 0 Å². The van der Waals surface area contributed by atoms with E-state index in [2.05, 4.69) is 39.3 Å². The summed E-state index contributed by atoms with van der Waals surface area (Å²) in [6, 6.07) is 0. The summed E-state index contributed by atoms with van der Waals surface area (Å²) >= 11 is 0. The van der Waals surface area contributed by atoms with Crippen LogP contribution < -0.4 is 0 Å². The van der Waals surface area contributed by atoms with E-state index in [1.54, 1.807) is 0 Å². The Kier molecular flexibility index (Phi) is 8.42. The minimum Gasteiger partial charge on any atom is -0.378 e. The van der Waals surface area contributed by atoms with E-state index in [1.165, 1.54) is 25.9 Å². The Morgan fingerprint density at radius 3 is 2.37 bits per heavy atom. The van der Waals surface area contributed by atoms with Crippen molar-refractivity contribution in [1.82, 2.24) is 4.90 Å². The predicted molar refractivity (Wildman–Crippen MR) is 121 cm³/mol. The molecular weight excluding hydrogens is 378 g/mol. The van der Waals surface area contributed by atoms with Gasteiger partial charge in [-0.3, -0.25) is 0 Å². The van der Waals surface area contributed by atoms with E-state index in [0.717, 1.165) is 44.7 Å². The van der Waals surface area contributed by atoms with Crippen LogP contribution in [0.1, 0.15) is 59.8 Å². The van der Waals surface area contributed by atoms with Gasteiger partial charge in [0.25, 0.3) is 0 Å². The molecule has 1 saturated heterocycles. The van der Waals surface area contributed by atoms with Crippen molar-refractivity contribution in [1.29, 1.82) is 0 Å². The first-order valence-corrected chi connectivity index (χ1v) is 12.0. The number of nitrogens with zero attached hydrogens (tertiary/aromatic N) is 1. The van der Waals surface area contributed by atoms with Gasteiger partial charge in [-0.15, -0.1) is 0 Å². The topological polar surface area (TPSA) is 40.2 Å². The van der Waals surface area contributed by atoms with Crippen LogP contribution in [0, 0.1) is 16.7 Å². The van der Waals surface area contributed by atoms with Crippen molar-refractivity contribution in [3.8, 4) is 0 Å². The van der Waals surface area contributed by atoms with E-state index in [0.29, 0.717) is 42.9 Å². The van der Waals surface area contributed by atoms with Gasteiger partial charge >= 0.3 is 0 Å². The average molecular weight is 424 g/mol. The number of hydrogen-bond acceptors (Lipinski definition) is 5. The van der Waals surface area contributed by atoms with Gasteiger partial charge in [0.1, 0.15) is 0 Å². The lowest BCUT2D eigenvalue weighted by Gasteiger charge is -2.58. The zero-order valence-corrected chi connectivity index (χ0v) is 20.1. The van der Waals surface area contributed by atoms with E-state index in [-0.39, 0.29) is 5.41 Å². The Bertz CT molecular complexity index is 543. The molecule has 5 nitrogen and oxygen atoms in total. The lowest BCUT2D eigenvalue weighted by Crippen LogP contribution is -2.62. The zero-order chi connectivity index (χ0) is 21.8. The van der Waals surface area contributed by atoms with Gasteiger partial charge in [0.15, 0.2) is 0 Å². The molecule has 1 unspecified atom stereocenters. The number of rotatable bonds is 14. The van der Waals surface area contributed by atoms with Gasteiger partial charge in [0, 0.05) is 31.7 Å². The molecular formula is C25H45NO4. The van der Waals surface area contributed by atoms with Crippen LogP contribution in [0.15, 0.2) is 12.2 Å². The Labute approximate surface area is 184 Å². The third-order valence-corrected chi connectivity index (χ3v) is 6.83. The maximum absolute atomic E-state index is 6.25. The van der Waals surface area contributed by atoms with Crippen LogP contribution in [-0.4, -0.2) is 76.4 Å². The van der Waals surface area contributed by atoms with Gasteiger partial charge in [0.05, 0.1) is 38.1 Å². The standard InChI is InChI=1S/C25H45NO4/c1-7-28-21-8-22(9-21)29-15-20(3)14-27-13-19(2)10-24(4,5)18-30-23-11-25(12-23)16-26(6)17-25/h19,21-23H,3,7-18H2,1-2,4-6H3. The van der Waals surface area contributed by atoms with E-state index < -0.39 is 0 Å². The summed E-state index contributed by atoms with van der Waals surface area (Å²) in [5, 5.41) is 0. The molecule has 2 aliphatic carbocycles. The first-order chi connectivity index (χ1) is 14.2. The Morgan fingerprint density at radius 1 is 1.07 bits per heavy atom. The quantitative estimate of drug-likeness (QED) is 0.390. The van der Waals surface area contributed by atoms with Crippen molar-refractivity contribution in [2.24, 2.45) is 16.7 Å². The van der Waals surface area contributed by atoms with Crippen LogP contribution in [0.25, 0.3) is 0 Å². The van der Waals surface area contributed by atoms with Crippen LogP contribution in [0.4, 0.5) is 0 Å². The first-order valence-electron chi connectivity index (χ1n) is 12.0. The predicted octanol–water partition coefficient (Wildman–Crippen LogP) is 4.31. The highest BCUT2D eigenvalue weighted by Crippen LogP contribution is 2.49. The molecule has 1 aliphatic heterocycles. The second-order valence-corrected chi connectivity index (χ2v) is 11.2. The lowest BCUT2D eigenvalue weighted by molar-refractivity contribution is -0.155. The van der Waals surface area contributed by atoms with Gasteiger partial charge < -0.3 is 23.8 Å². The third kappa shape index (κ3) is 7.03. The van der Waals surface area contributed by atoms with Crippen LogP contribution in [-0.2, 0) is 18.9 Å². The molecule has 0 aromatic heterocycles. The maximum atomic E-state index is 6.25. The van der Waals surface area contributed by atoms with Crippen molar-refractivity contribution < 1.29 is 18.9 Å². The molecule has 0 amide bonds. The van der Waals surface area contributed by atoms with Gasteiger partial charge in [-0.1, -0.05) is 27.4 Å². The third-order valence-electron chi connectivity index (χ3n) is 6.83. The molecule has 1 spiro atoms. The molecule has 0 radical (unpaired) electrons. The summed E-state index contributed by atoms with van der Waals surface area (Å²) in [5.74, 6) is 0.504. The summed E-state index contributed by atoms with van der Waals surface area (Å²) in [6.45, 7) is 19.1. The van der Waals surface area contributed by atoms with Crippen molar-refractivity contribution in [3.05, 3.63) is 12.2 Å². The summed E-state index contributed by atoms with van der Waals surface area (Å²) in [6.07, 6.45) is 6.83. The van der Waals surface area contributed by atoms with Crippen molar-refractivity contribution in [3.63, 3.8) is 0 Å². The number of ether oxygens (including phenoxy) is 4. The fraction of sp³-hybridized carbons (Fsp3) is 0.920. The van der Waals surface area contributed by atoms with E-state index in [1.807, 2.05) is 6.92 Å². The summed E-state index contributed by atoms with van der Waals surface area (Å²) in [7, 11) is 2.21. The number of hydrogen-bond donors (Lipinski definition) is 0. The molecule has 174 valence electrons. The molecule has 0 N–H and O–H groups in total. The highest BCUT2D eigenvalue weighted by Gasteiger charge is 2.51. The first kappa shape index (κ1) is 24.2. The molecule has 2 saturated carbocycles. The van der Waals surface area contributed by atoms with Crippen molar-refractivity contribution in [2.75, 3.05) is 53.2 Å². The van der Waals surface area contributed by atoms with Crippen LogP contribution in [0.5, 0.6) is 0 Å². The molecule has 30 heavy (non-hydrogen) atoms. The highest BCUT2D eigenvalue weighted by atomic mass is 16.5. The molecule has 5 heteroatoms. The monoisotopic (exact) mass is 423 g/mol. The van der Waals surface area contributed by atoms with Gasteiger partial charge in [-0.25, -0.2) is 0 Å². The van der Waals surface area contributed by atoms with Crippen molar-refractivity contribution >= 4 is 0 Å². The number of likely N-dealkylation sites (tertiary alicyclic amines) is 1. The van der Waals surface area contributed by atoms with Crippen LogP contribution >= 0.6 is 0 Å². The summed E-state index contributed by atoms with van der Waals surface area (Å²) < 4.78 is 23.6. The second kappa shape index (κ2) is 10.4. The van der Waals surface area contributed by atoms with Crippen LogP contribution in [0.3, 0.4) is 0 Å². The fourth-order valence-electron chi connectivity index (χ4n) is 5.49. The van der Waals surface area contributed by atoms with E-state index in [9.17, 15) is 0 Å². The van der Waals surface area contributed by atoms with Gasteiger partial charge in [-0.05, 0) is 63.0 Å². The smallest absolute Gasteiger partial charge is 0.0700 e. The molecule has 1 heterocycles. The lowest BCUT2D eigenvalue weighted by atomic mass is 9.62. The Morgan fingerprint density at radius 2 is 1.73 bits per heavy atom. The van der Waals surface area contributed by atoms with Crippen molar-refractivity contribution in [2.45, 2.75) is 78.1 Å². The minimum atomic E-state index is 0.184. The van der Waals surface area contributed by atoms with E-state index >= 15 is 0 Å². The fourth-order valence-corrected chi connectivity index (χ4v) is 5.49. The molecule has 1 atom stereocenters. The minimum absolute atomic E-state index is 0.184. The van der Waals surface area contributed by atoms with Gasteiger partial charge in [0.2, 0.25) is 0 Å².